The van der Waals surface area contributed by atoms with Crippen molar-refractivity contribution in [2.24, 2.45) is 5.92 Å². The van der Waals surface area contributed by atoms with E-state index in [1.54, 1.807) is 6.92 Å². The van der Waals surface area contributed by atoms with Crippen LogP contribution in [-0.2, 0) is 14.3 Å². The fraction of sp³-hybridized carbons (Fsp3) is 0.800. The highest BCUT2D eigenvalue weighted by molar-refractivity contribution is 5.81. The number of carbonyl (C=O) groups is 2. The largest absolute Gasteiger partial charge is 0.468 e. The van der Waals surface area contributed by atoms with Gasteiger partial charge in [0, 0.05) is 0 Å². The molecule has 0 aromatic heterocycles. The minimum Gasteiger partial charge on any atom is -0.468 e. The summed E-state index contributed by atoms with van der Waals surface area (Å²) in [6.07, 6.45) is 4.63. The van der Waals surface area contributed by atoms with Gasteiger partial charge in [-0.25, -0.2) is 0 Å². The Balaban J connectivity index is 1.94. The van der Waals surface area contributed by atoms with E-state index in [-0.39, 0.29) is 30.4 Å². The summed E-state index contributed by atoms with van der Waals surface area (Å²) < 4.78 is 4.81. The van der Waals surface area contributed by atoms with Crippen molar-refractivity contribution in [3.05, 3.63) is 0 Å². The normalized spacial score (nSPS) is 25.5. The Morgan fingerprint density at radius 1 is 1.38 bits per heavy atom. The van der Waals surface area contributed by atoms with Crippen LogP contribution in [0.25, 0.3) is 0 Å². The number of esters is 1. The zero-order chi connectivity index (χ0) is 15.5. The van der Waals surface area contributed by atoms with Crippen LogP contribution in [0.4, 0.5) is 0 Å². The molecule has 21 heavy (non-hydrogen) atoms. The Bertz CT molecular complexity index is 456. The van der Waals surface area contributed by atoms with E-state index in [0.717, 1.165) is 32.1 Å². The van der Waals surface area contributed by atoms with Gasteiger partial charge in [-0.2, -0.15) is 5.26 Å². The first-order valence-corrected chi connectivity index (χ1v) is 7.54. The fourth-order valence-corrected chi connectivity index (χ4v) is 2.98. The lowest BCUT2D eigenvalue weighted by molar-refractivity contribution is -0.148. The Labute approximate surface area is 125 Å². The standard InChI is InChI=1S/C15H23N3O3/c1-15(10-16,11-6-7-11)17-13(19)9-18-8-4-3-5-12(18)14(20)21-2/h11-12H,3-9H2,1-2H3,(H,17,19). The molecule has 2 unspecified atom stereocenters. The second-order valence-corrected chi connectivity index (χ2v) is 6.14. The summed E-state index contributed by atoms with van der Waals surface area (Å²) in [6, 6.07) is 1.87. The maximum absolute atomic E-state index is 12.2. The van der Waals surface area contributed by atoms with Crippen LogP contribution in [0, 0.1) is 17.2 Å². The highest BCUT2D eigenvalue weighted by atomic mass is 16.5. The molecule has 0 aromatic carbocycles. The molecule has 1 saturated heterocycles. The molecule has 1 aliphatic carbocycles. The van der Waals surface area contributed by atoms with Gasteiger partial charge in [0.15, 0.2) is 0 Å². The van der Waals surface area contributed by atoms with E-state index in [1.165, 1.54) is 7.11 Å². The van der Waals surface area contributed by atoms with Crippen LogP contribution >= 0.6 is 0 Å². The molecule has 6 nitrogen and oxygen atoms in total. The van der Waals surface area contributed by atoms with E-state index in [9.17, 15) is 14.9 Å². The summed E-state index contributed by atoms with van der Waals surface area (Å²) in [6.45, 7) is 2.63. The average molecular weight is 293 g/mol. The molecular weight excluding hydrogens is 270 g/mol. The smallest absolute Gasteiger partial charge is 0.323 e. The van der Waals surface area contributed by atoms with Crippen LogP contribution in [0.5, 0.6) is 0 Å². The summed E-state index contributed by atoms with van der Waals surface area (Å²) in [5.74, 6) is -0.223. The van der Waals surface area contributed by atoms with Crippen LogP contribution in [0.2, 0.25) is 0 Å². The van der Waals surface area contributed by atoms with Gasteiger partial charge in [-0.3, -0.25) is 14.5 Å². The van der Waals surface area contributed by atoms with Gasteiger partial charge in [0.25, 0.3) is 0 Å². The molecule has 0 radical (unpaired) electrons. The number of nitrogens with one attached hydrogen (secondary N) is 1. The maximum atomic E-state index is 12.2. The van der Waals surface area contributed by atoms with Crippen LogP contribution in [0.15, 0.2) is 0 Å². The van der Waals surface area contributed by atoms with E-state index in [0.29, 0.717) is 6.54 Å². The number of hydrogen-bond acceptors (Lipinski definition) is 5. The highest BCUT2D eigenvalue weighted by Gasteiger charge is 2.43. The Morgan fingerprint density at radius 2 is 2.10 bits per heavy atom. The van der Waals surface area contributed by atoms with Crippen molar-refractivity contribution < 1.29 is 14.3 Å². The fourth-order valence-electron chi connectivity index (χ4n) is 2.98. The molecule has 1 aliphatic heterocycles. The molecule has 1 heterocycles. The molecule has 2 rings (SSSR count). The number of ether oxygens (including phenoxy) is 1. The van der Waals surface area contributed by atoms with Crippen LogP contribution in [-0.4, -0.2) is 48.6 Å². The Hall–Kier alpha value is -1.61. The highest BCUT2D eigenvalue weighted by Crippen LogP contribution is 2.39. The predicted molar refractivity (Wildman–Crippen MR) is 76.1 cm³/mol. The van der Waals surface area contributed by atoms with Crippen molar-refractivity contribution >= 4 is 11.9 Å². The molecule has 0 bridgehead atoms. The van der Waals surface area contributed by atoms with Crippen LogP contribution in [0.1, 0.15) is 39.0 Å². The monoisotopic (exact) mass is 293 g/mol. The lowest BCUT2D eigenvalue weighted by Gasteiger charge is -2.34. The number of nitriles is 1. The Morgan fingerprint density at radius 3 is 2.67 bits per heavy atom. The van der Waals surface area contributed by atoms with Gasteiger partial charge in [-0.1, -0.05) is 6.42 Å². The van der Waals surface area contributed by atoms with Crippen molar-refractivity contribution in [1.29, 1.82) is 5.26 Å². The zero-order valence-electron chi connectivity index (χ0n) is 12.7. The van der Waals surface area contributed by atoms with E-state index in [1.807, 2.05) is 4.90 Å². The molecule has 2 aliphatic rings. The van der Waals surface area contributed by atoms with Crippen molar-refractivity contribution in [3.63, 3.8) is 0 Å². The summed E-state index contributed by atoms with van der Waals surface area (Å²) in [5, 5.41) is 12.1. The minimum absolute atomic E-state index is 0.143. The number of piperidine rings is 1. The third-order valence-electron chi connectivity index (χ3n) is 4.46. The van der Waals surface area contributed by atoms with Crippen molar-refractivity contribution in [1.82, 2.24) is 10.2 Å². The Kier molecular flexibility index (Phi) is 4.84. The SMILES string of the molecule is COC(=O)C1CCCCN1CC(=O)NC(C)(C#N)C1CC1. The lowest BCUT2D eigenvalue weighted by Crippen LogP contribution is -2.54. The molecule has 1 N–H and O–H groups in total. The van der Waals surface area contributed by atoms with Crippen LogP contribution < -0.4 is 5.32 Å². The van der Waals surface area contributed by atoms with Crippen LogP contribution in [0.3, 0.4) is 0 Å². The molecule has 0 aromatic rings. The maximum Gasteiger partial charge on any atom is 0.323 e. The summed E-state index contributed by atoms with van der Waals surface area (Å²) >= 11 is 0. The topological polar surface area (TPSA) is 82.4 Å². The number of nitrogens with zero attached hydrogens (tertiary/aromatic N) is 2. The quantitative estimate of drug-likeness (QED) is 0.759. The van der Waals surface area contributed by atoms with Gasteiger partial charge < -0.3 is 10.1 Å². The lowest BCUT2D eigenvalue weighted by atomic mass is 9.97. The second kappa shape index (κ2) is 6.44. The molecule has 1 amide bonds. The van der Waals surface area contributed by atoms with Gasteiger partial charge in [-0.05, 0) is 45.1 Å². The minimum atomic E-state index is -0.784. The molecular formula is C15H23N3O3. The number of rotatable bonds is 5. The molecule has 6 heteroatoms. The van der Waals surface area contributed by atoms with Crippen molar-refractivity contribution in [2.45, 2.75) is 50.6 Å². The number of carbonyl (C=O) groups excluding carboxylic acids is 2. The number of methoxy groups -OCH3 is 1. The summed E-state index contributed by atoms with van der Waals surface area (Å²) in [5.41, 5.74) is -0.784. The van der Waals surface area contributed by atoms with Gasteiger partial charge in [0.1, 0.15) is 11.6 Å². The molecule has 0 spiro atoms. The molecule has 2 fully saturated rings. The first-order chi connectivity index (χ1) is 10.00. The first kappa shape index (κ1) is 15.8. The van der Waals surface area contributed by atoms with Gasteiger partial charge in [-0.15, -0.1) is 0 Å². The summed E-state index contributed by atoms with van der Waals surface area (Å²) in [4.78, 5) is 25.8. The summed E-state index contributed by atoms with van der Waals surface area (Å²) in [7, 11) is 1.37. The van der Waals surface area contributed by atoms with E-state index >= 15 is 0 Å². The third-order valence-corrected chi connectivity index (χ3v) is 4.46. The van der Waals surface area contributed by atoms with E-state index < -0.39 is 5.54 Å². The number of amides is 1. The van der Waals surface area contributed by atoms with E-state index in [4.69, 9.17) is 4.74 Å². The molecule has 1 saturated carbocycles. The van der Waals surface area contributed by atoms with E-state index in [2.05, 4.69) is 11.4 Å². The van der Waals surface area contributed by atoms with Gasteiger partial charge >= 0.3 is 5.97 Å². The molecule has 2 atom stereocenters. The van der Waals surface area contributed by atoms with Crippen molar-refractivity contribution in [3.8, 4) is 6.07 Å². The van der Waals surface area contributed by atoms with Gasteiger partial charge in [0.05, 0.1) is 19.7 Å². The third kappa shape index (κ3) is 3.73. The average Bonchev–Trinajstić information content (AvgIpc) is 3.31. The van der Waals surface area contributed by atoms with Gasteiger partial charge in [0.2, 0.25) is 5.91 Å². The van der Waals surface area contributed by atoms with Crippen molar-refractivity contribution in [2.75, 3.05) is 20.2 Å². The predicted octanol–water partition coefficient (Wildman–Crippen LogP) is 0.822. The zero-order valence-corrected chi connectivity index (χ0v) is 12.7. The number of hydrogen-bond donors (Lipinski definition) is 1. The molecule has 116 valence electrons. The first-order valence-electron chi connectivity index (χ1n) is 7.54. The number of likely N-dealkylation sites (tertiary alicyclic amines) is 1. The second-order valence-electron chi connectivity index (χ2n) is 6.14.